The summed E-state index contributed by atoms with van der Waals surface area (Å²) in [5, 5.41) is 21.5. The van der Waals surface area contributed by atoms with Crippen molar-refractivity contribution in [1.29, 1.82) is 0 Å². The van der Waals surface area contributed by atoms with Gasteiger partial charge in [-0.15, -0.1) is 0 Å². The molecule has 1 atom stereocenters. The first-order valence-electron chi connectivity index (χ1n) is 7.08. The number of hydrogen-bond donors (Lipinski definition) is 3. The van der Waals surface area contributed by atoms with E-state index in [1.54, 1.807) is 0 Å². The van der Waals surface area contributed by atoms with Gasteiger partial charge in [-0.3, -0.25) is 0 Å². The number of rotatable bonds is 4. The Morgan fingerprint density at radius 1 is 1.32 bits per heavy atom. The fraction of sp³-hybridized carbons (Fsp3) is 0.929. The van der Waals surface area contributed by atoms with Gasteiger partial charge < -0.3 is 20.3 Å². The lowest BCUT2D eigenvalue weighted by atomic mass is 9.83. The number of aliphatic hydroxyl groups is 2. The molecule has 0 aliphatic heterocycles. The molecule has 1 saturated carbocycles. The van der Waals surface area contributed by atoms with Gasteiger partial charge in [0.25, 0.3) is 0 Å². The summed E-state index contributed by atoms with van der Waals surface area (Å²) in [5.41, 5.74) is -0.529. The molecule has 1 fully saturated rings. The number of hydrogen-bond acceptors (Lipinski definition) is 4. The van der Waals surface area contributed by atoms with E-state index >= 15 is 0 Å². The van der Waals surface area contributed by atoms with Crippen LogP contribution in [-0.4, -0.2) is 40.7 Å². The van der Waals surface area contributed by atoms with Crippen LogP contribution in [0.2, 0.25) is 0 Å². The second kappa shape index (κ2) is 7.10. The van der Waals surface area contributed by atoms with Crippen LogP contribution in [0.4, 0.5) is 4.79 Å². The minimum atomic E-state index is -0.529. The summed E-state index contributed by atoms with van der Waals surface area (Å²) in [5.74, 6) is 0.454. The van der Waals surface area contributed by atoms with Crippen molar-refractivity contribution >= 4 is 6.09 Å². The lowest BCUT2D eigenvalue weighted by Crippen LogP contribution is -2.42. The predicted octanol–water partition coefficient (Wildman–Crippen LogP) is 1.81. The average Bonchev–Trinajstić information content (AvgIpc) is 2.28. The number of carbonyl (C=O) groups is 1. The number of aliphatic hydroxyl groups excluding tert-OH is 2. The third-order valence-corrected chi connectivity index (χ3v) is 3.38. The van der Waals surface area contributed by atoms with Crippen LogP contribution in [-0.2, 0) is 4.74 Å². The fourth-order valence-corrected chi connectivity index (χ4v) is 2.44. The lowest BCUT2D eigenvalue weighted by Gasteiger charge is -2.29. The van der Waals surface area contributed by atoms with Gasteiger partial charge in [0, 0.05) is 0 Å². The third kappa shape index (κ3) is 6.78. The van der Waals surface area contributed by atoms with Gasteiger partial charge in [-0.1, -0.05) is 0 Å². The third-order valence-electron chi connectivity index (χ3n) is 3.38. The molecule has 0 saturated heterocycles. The number of carbonyl (C=O) groups excluding carboxylic acids is 1. The van der Waals surface area contributed by atoms with E-state index < -0.39 is 11.7 Å². The van der Waals surface area contributed by atoms with Gasteiger partial charge in [0.1, 0.15) is 5.60 Å². The maximum Gasteiger partial charge on any atom is 0.407 e. The summed E-state index contributed by atoms with van der Waals surface area (Å²) in [6, 6.07) is -0.268. The second-order valence-electron chi connectivity index (χ2n) is 6.44. The lowest BCUT2D eigenvalue weighted by molar-refractivity contribution is 0.0457. The van der Waals surface area contributed by atoms with E-state index in [9.17, 15) is 15.0 Å². The van der Waals surface area contributed by atoms with Crippen molar-refractivity contribution in [2.24, 2.45) is 5.92 Å². The first-order valence-corrected chi connectivity index (χ1v) is 7.08. The Balaban J connectivity index is 2.35. The molecule has 3 N–H and O–H groups in total. The topological polar surface area (TPSA) is 78.8 Å². The van der Waals surface area contributed by atoms with E-state index in [1.165, 1.54) is 0 Å². The highest BCUT2D eigenvalue weighted by Crippen LogP contribution is 2.27. The zero-order valence-corrected chi connectivity index (χ0v) is 12.2. The molecule has 112 valence electrons. The molecule has 5 heteroatoms. The van der Waals surface area contributed by atoms with Gasteiger partial charge in [-0.05, 0) is 58.8 Å². The Kier molecular flexibility index (Phi) is 6.07. The van der Waals surface area contributed by atoms with Crippen LogP contribution in [0.5, 0.6) is 0 Å². The Morgan fingerprint density at radius 3 is 2.37 bits per heavy atom. The van der Waals surface area contributed by atoms with Crippen molar-refractivity contribution < 1.29 is 19.7 Å². The molecule has 0 unspecified atom stereocenters. The molecule has 19 heavy (non-hydrogen) atoms. The molecule has 1 amide bonds. The normalized spacial score (nSPS) is 25.7. The summed E-state index contributed by atoms with van der Waals surface area (Å²) in [6.07, 6.45) is 3.61. The van der Waals surface area contributed by atoms with E-state index in [4.69, 9.17) is 4.74 Å². The Morgan fingerprint density at radius 2 is 1.89 bits per heavy atom. The van der Waals surface area contributed by atoms with E-state index in [-0.39, 0.29) is 18.8 Å². The SMILES string of the molecule is CC(C)(C)OC(=O)N[C@@H](CO)CC1CCC(O)CC1. The van der Waals surface area contributed by atoms with Crippen LogP contribution in [0.1, 0.15) is 52.9 Å². The van der Waals surface area contributed by atoms with Crippen LogP contribution in [0.15, 0.2) is 0 Å². The second-order valence-corrected chi connectivity index (χ2v) is 6.44. The zero-order valence-electron chi connectivity index (χ0n) is 12.2. The molecule has 5 nitrogen and oxygen atoms in total. The van der Waals surface area contributed by atoms with Crippen molar-refractivity contribution in [1.82, 2.24) is 5.32 Å². The molecule has 0 spiro atoms. The number of amides is 1. The fourth-order valence-electron chi connectivity index (χ4n) is 2.44. The molecular formula is C14H27NO4. The van der Waals surface area contributed by atoms with E-state index in [0.29, 0.717) is 5.92 Å². The van der Waals surface area contributed by atoms with Crippen LogP contribution in [0, 0.1) is 5.92 Å². The van der Waals surface area contributed by atoms with Gasteiger partial charge >= 0.3 is 6.09 Å². The summed E-state index contributed by atoms with van der Waals surface area (Å²) >= 11 is 0. The van der Waals surface area contributed by atoms with Gasteiger partial charge in [0.05, 0.1) is 18.8 Å². The van der Waals surface area contributed by atoms with Crippen LogP contribution in [0.25, 0.3) is 0 Å². The molecule has 0 heterocycles. The molecular weight excluding hydrogens is 246 g/mol. The summed E-state index contributed by atoms with van der Waals surface area (Å²) in [7, 11) is 0. The van der Waals surface area contributed by atoms with E-state index in [2.05, 4.69) is 5.32 Å². The summed E-state index contributed by atoms with van der Waals surface area (Å²) in [4.78, 5) is 11.6. The van der Waals surface area contributed by atoms with Crippen LogP contribution in [0.3, 0.4) is 0 Å². The molecule has 1 aliphatic carbocycles. The predicted molar refractivity (Wildman–Crippen MR) is 72.8 cm³/mol. The smallest absolute Gasteiger partial charge is 0.407 e. The zero-order chi connectivity index (χ0) is 14.5. The highest BCUT2D eigenvalue weighted by Gasteiger charge is 2.24. The molecule has 1 aliphatic rings. The van der Waals surface area contributed by atoms with Gasteiger partial charge in [-0.25, -0.2) is 4.79 Å². The monoisotopic (exact) mass is 273 g/mol. The molecule has 1 rings (SSSR count). The van der Waals surface area contributed by atoms with Crippen molar-refractivity contribution in [3.63, 3.8) is 0 Å². The standard InChI is InChI=1S/C14H27NO4/c1-14(2,3)19-13(18)15-11(9-16)8-10-4-6-12(17)7-5-10/h10-12,16-17H,4-9H2,1-3H3,(H,15,18)/t10?,11-,12?/m1/s1. The van der Waals surface area contributed by atoms with Gasteiger partial charge in [0.15, 0.2) is 0 Å². The molecule has 0 bridgehead atoms. The quantitative estimate of drug-likeness (QED) is 0.730. The molecule has 0 radical (unpaired) electrons. The van der Waals surface area contributed by atoms with Crippen molar-refractivity contribution in [2.45, 2.75) is 70.6 Å². The summed E-state index contributed by atoms with van der Waals surface area (Å²) < 4.78 is 5.18. The highest BCUT2D eigenvalue weighted by atomic mass is 16.6. The maximum atomic E-state index is 11.6. The van der Waals surface area contributed by atoms with Crippen molar-refractivity contribution in [3.05, 3.63) is 0 Å². The van der Waals surface area contributed by atoms with Gasteiger partial charge in [-0.2, -0.15) is 0 Å². The molecule has 0 aromatic carbocycles. The highest BCUT2D eigenvalue weighted by molar-refractivity contribution is 5.68. The molecule has 0 aromatic heterocycles. The minimum absolute atomic E-state index is 0.0850. The van der Waals surface area contributed by atoms with Crippen LogP contribution >= 0.6 is 0 Å². The summed E-state index contributed by atoms with van der Waals surface area (Å²) in [6.45, 7) is 5.34. The molecule has 0 aromatic rings. The minimum Gasteiger partial charge on any atom is -0.444 e. The Labute approximate surface area is 115 Å². The van der Waals surface area contributed by atoms with E-state index in [0.717, 1.165) is 32.1 Å². The van der Waals surface area contributed by atoms with Crippen molar-refractivity contribution in [3.8, 4) is 0 Å². The average molecular weight is 273 g/mol. The Bertz CT molecular complexity index is 280. The largest absolute Gasteiger partial charge is 0.444 e. The Hall–Kier alpha value is -0.810. The van der Waals surface area contributed by atoms with Gasteiger partial charge in [0.2, 0.25) is 0 Å². The van der Waals surface area contributed by atoms with E-state index in [1.807, 2.05) is 20.8 Å². The first kappa shape index (κ1) is 16.2. The number of nitrogens with one attached hydrogen (secondary N) is 1. The number of ether oxygens (including phenoxy) is 1. The number of alkyl carbamates (subject to hydrolysis) is 1. The first-order chi connectivity index (χ1) is 8.80. The van der Waals surface area contributed by atoms with Crippen molar-refractivity contribution in [2.75, 3.05) is 6.61 Å². The maximum absolute atomic E-state index is 11.6. The van der Waals surface area contributed by atoms with Crippen LogP contribution < -0.4 is 5.32 Å².